The second-order valence-corrected chi connectivity index (χ2v) is 4.16. The van der Waals surface area contributed by atoms with Crippen molar-refractivity contribution < 1.29 is 4.79 Å². The van der Waals surface area contributed by atoms with Crippen LogP contribution in [0.3, 0.4) is 0 Å². The molecule has 8 heteroatoms. The number of urea groups is 1. The van der Waals surface area contributed by atoms with Crippen LogP contribution in [0.15, 0.2) is 23.3 Å². The van der Waals surface area contributed by atoms with Crippen molar-refractivity contribution in [3.8, 4) is 0 Å². The molecule has 0 bridgehead atoms. The standard InChI is InChI=1S/C10H11Cl2N5O/c11-7-2-3-8(12)9(6-7)16-10(18)14-4-1-5-15-17-13/h2-3,6H,1,4-5H2,(H2,14,16,18). The van der Waals surface area contributed by atoms with E-state index in [9.17, 15) is 4.79 Å². The number of hydrogen-bond acceptors (Lipinski definition) is 2. The van der Waals surface area contributed by atoms with Gasteiger partial charge in [0.25, 0.3) is 0 Å². The molecule has 0 aromatic heterocycles. The lowest BCUT2D eigenvalue weighted by Crippen LogP contribution is -2.29. The summed E-state index contributed by atoms with van der Waals surface area (Å²) < 4.78 is 0. The predicted octanol–water partition coefficient (Wildman–Crippen LogP) is 3.82. The Bertz CT molecular complexity index is 473. The third kappa shape index (κ3) is 5.14. The van der Waals surface area contributed by atoms with E-state index in [1.807, 2.05) is 0 Å². The number of nitrogens with one attached hydrogen (secondary N) is 2. The fraction of sp³-hybridized carbons (Fsp3) is 0.300. The average Bonchev–Trinajstić information content (AvgIpc) is 2.33. The molecule has 1 aromatic rings. The molecule has 18 heavy (non-hydrogen) atoms. The highest BCUT2D eigenvalue weighted by Gasteiger charge is 2.05. The van der Waals surface area contributed by atoms with Crippen LogP contribution in [0.1, 0.15) is 6.42 Å². The molecule has 96 valence electrons. The molecule has 0 saturated carbocycles. The van der Waals surface area contributed by atoms with Gasteiger partial charge in [0.15, 0.2) is 0 Å². The van der Waals surface area contributed by atoms with Crippen LogP contribution >= 0.6 is 23.2 Å². The molecule has 2 N–H and O–H groups in total. The second kappa shape index (κ2) is 7.66. The number of benzene rings is 1. The van der Waals surface area contributed by atoms with Gasteiger partial charge in [-0.25, -0.2) is 4.79 Å². The molecular weight excluding hydrogens is 277 g/mol. The minimum absolute atomic E-state index is 0.342. The van der Waals surface area contributed by atoms with Gasteiger partial charge in [-0.05, 0) is 30.2 Å². The SMILES string of the molecule is [N-]=[N+]=NCCCNC(=O)Nc1cc(Cl)ccc1Cl. The van der Waals surface area contributed by atoms with E-state index in [1.165, 1.54) is 0 Å². The number of carbonyl (C=O) groups is 1. The first kappa shape index (κ1) is 14.4. The molecule has 0 unspecified atom stereocenters. The Morgan fingerprint density at radius 2 is 2.22 bits per heavy atom. The topological polar surface area (TPSA) is 89.9 Å². The van der Waals surface area contributed by atoms with Crippen LogP contribution in [0.25, 0.3) is 10.4 Å². The van der Waals surface area contributed by atoms with Crippen molar-refractivity contribution in [1.29, 1.82) is 0 Å². The lowest BCUT2D eigenvalue weighted by Gasteiger charge is -2.08. The molecule has 0 aliphatic carbocycles. The Labute approximate surface area is 114 Å². The number of halogens is 2. The van der Waals surface area contributed by atoms with Crippen LogP contribution in [0.2, 0.25) is 10.0 Å². The van der Waals surface area contributed by atoms with Crippen LogP contribution in [0.4, 0.5) is 10.5 Å². The Kier molecular flexibility index (Phi) is 6.14. The van der Waals surface area contributed by atoms with Crippen molar-refractivity contribution in [1.82, 2.24) is 5.32 Å². The molecule has 1 rings (SSSR count). The first-order chi connectivity index (χ1) is 8.63. The zero-order valence-corrected chi connectivity index (χ0v) is 10.9. The van der Waals surface area contributed by atoms with Crippen molar-refractivity contribution in [3.63, 3.8) is 0 Å². The third-order valence-corrected chi connectivity index (χ3v) is 2.52. The summed E-state index contributed by atoms with van der Waals surface area (Å²) in [5.41, 5.74) is 8.50. The predicted molar refractivity (Wildman–Crippen MR) is 72.1 cm³/mol. The largest absolute Gasteiger partial charge is 0.338 e. The van der Waals surface area contributed by atoms with Gasteiger partial charge in [-0.15, -0.1) is 0 Å². The summed E-state index contributed by atoms with van der Waals surface area (Å²) in [6.45, 7) is 0.748. The van der Waals surface area contributed by atoms with E-state index >= 15 is 0 Å². The smallest absolute Gasteiger partial charge is 0.319 e. The van der Waals surface area contributed by atoms with E-state index in [2.05, 4.69) is 20.7 Å². The van der Waals surface area contributed by atoms with Gasteiger partial charge in [0, 0.05) is 23.0 Å². The summed E-state index contributed by atoms with van der Waals surface area (Å²) in [5, 5.41) is 9.41. The summed E-state index contributed by atoms with van der Waals surface area (Å²) in [7, 11) is 0. The van der Waals surface area contributed by atoms with Crippen molar-refractivity contribution in [3.05, 3.63) is 38.7 Å². The second-order valence-electron chi connectivity index (χ2n) is 3.31. The number of azide groups is 1. The highest BCUT2D eigenvalue weighted by atomic mass is 35.5. The van der Waals surface area contributed by atoms with Gasteiger partial charge in [0.1, 0.15) is 0 Å². The Hall–Kier alpha value is -1.62. The lowest BCUT2D eigenvalue weighted by atomic mass is 10.3. The molecule has 6 nitrogen and oxygen atoms in total. The number of carbonyl (C=O) groups excluding carboxylic acids is 1. The van der Waals surface area contributed by atoms with Crippen molar-refractivity contribution in [2.24, 2.45) is 5.11 Å². The van der Waals surface area contributed by atoms with E-state index < -0.39 is 0 Å². The van der Waals surface area contributed by atoms with Crippen molar-refractivity contribution >= 4 is 34.9 Å². The maximum Gasteiger partial charge on any atom is 0.319 e. The molecule has 0 heterocycles. The van der Waals surface area contributed by atoms with Crippen LogP contribution < -0.4 is 10.6 Å². The monoisotopic (exact) mass is 287 g/mol. The number of nitrogens with zero attached hydrogens (tertiary/aromatic N) is 3. The summed E-state index contributed by atoms with van der Waals surface area (Å²) in [5.74, 6) is 0. The van der Waals surface area contributed by atoms with Crippen LogP contribution in [-0.2, 0) is 0 Å². The zero-order valence-electron chi connectivity index (χ0n) is 9.36. The maximum atomic E-state index is 11.5. The Morgan fingerprint density at radius 1 is 1.44 bits per heavy atom. The Balaban J connectivity index is 2.39. The highest BCUT2D eigenvalue weighted by Crippen LogP contribution is 2.25. The molecule has 0 aliphatic heterocycles. The Morgan fingerprint density at radius 3 is 2.94 bits per heavy atom. The number of rotatable bonds is 5. The molecule has 1 aromatic carbocycles. The minimum Gasteiger partial charge on any atom is -0.338 e. The van der Waals surface area contributed by atoms with Gasteiger partial charge in [-0.2, -0.15) is 0 Å². The lowest BCUT2D eigenvalue weighted by molar-refractivity contribution is 0.252. The molecule has 0 atom stereocenters. The number of anilines is 1. The van der Waals surface area contributed by atoms with Gasteiger partial charge in [-0.3, -0.25) is 0 Å². The van der Waals surface area contributed by atoms with Crippen LogP contribution in [-0.4, -0.2) is 19.1 Å². The summed E-state index contributed by atoms with van der Waals surface area (Å²) in [6.07, 6.45) is 0.570. The van der Waals surface area contributed by atoms with Crippen molar-refractivity contribution in [2.75, 3.05) is 18.4 Å². The third-order valence-electron chi connectivity index (χ3n) is 1.96. The van der Waals surface area contributed by atoms with E-state index in [4.69, 9.17) is 28.7 Å². The molecule has 0 radical (unpaired) electrons. The molecule has 2 amide bonds. The summed E-state index contributed by atoms with van der Waals surface area (Å²) in [4.78, 5) is 14.1. The highest BCUT2D eigenvalue weighted by molar-refractivity contribution is 6.35. The van der Waals surface area contributed by atoms with Crippen molar-refractivity contribution in [2.45, 2.75) is 6.42 Å². The van der Waals surface area contributed by atoms with E-state index in [0.717, 1.165) is 0 Å². The summed E-state index contributed by atoms with van der Waals surface area (Å²) in [6, 6.07) is 4.40. The van der Waals surface area contributed by atoms with E-state index in [1.54, 1.807) is 18.2 Å². The fourth-order valence-electron chi connectivity index (χ4n) is 1.16. The van der Waals surface area contributed by atoms with Gasteiger partial charge in [0.2, 0.25) is 0 Å². The first-order valence-corrected chi connectivity index (χ1v) is 5.90. The molecule has 0 saturated heterocycles. The van der Waals surface area contributed by atoms with Crippen LogP contribution in [0, 0.1) is 0 Å². The minimum atomic E-state index is -0.389. The molecule has 0 aliphatic rings. The van der Waals surface area contributed by atoms with Gasteiger partial charge >= 0.3 is 6.03 Å². The summed E-state index contributed by atoms with van der Waals surface area (Å²) >= 11 is 11.7. The number of amides is 2. The van der Waals surface area contributed by atoms with Crippen LogP contribution in [0.5, 0.6) is 0 Å². The van der Waals surface area contributed by atoms with Gasteiger partial charge < -0.3 is 10.6 Å². The normalized spacial score (nSPS) is 9.44. The van der Waals surface area contributed by atoms with Gasteiger partial charge in [-0.1, -0.05) is 28.3 Å². The van der Waals surface area contributed by atoms with E-state index in [-0.39, 0.29) is 6.03 Å². The van der Waals surface area contributed by atoms with E-state index in [0.29, 0.717) is 35.2 Å². The van der Waals surface area contributed by atoms with Gasteiger partial charge in [0.05, 0.1) is 10.7 Å². The average molecular weight is 288 g/mol. The molecule has 0 spiro atoms. The first-order valence-electron chi connectivity index (χ1n) is 5.14. The number of hydrogen-bond donors (Lipinski definition) is 2. The maximum absolute atomic E-state index is 11.5. The quantitative estimate of drug-likeness (QED) is 0.367. The molecular formula is C10H11Cl2N5O. The zero-order chi connectivity index (χ0) is 13.4. The molecule has 0 fully saturated rings. The fourth-order valence-corrected chi connectivity index (χ4v) is 1.49.